The minimum Gasteiger partial charge on any atom is -0.512 e. The van der Waals surface area contributed by atoms with Crippen LogP contribution in [0.3, 0.4) is 0 Å². The van der Waals surface area contributed by atoms with Gasteiger partial charge in [0.2, 0.25) is 0 Å². The van der Waals surface area contributed by atoms with Gasteiger partial charge in [-0.3, -0.25) is 9.18 Å². The second-order valence-electron chi connectivity index (χ2n) is 6.33. The summed E-state index contributed by atoms with van der Waals surface area (Å²) in [5.41, 5.74) is 0.433. The van der Waals surface area contributed by atoms with Gasteiger partial charge in [-0.25, -0.2) is 0 Å². The molecular weight excluding hydrogens is 255 g/mol. The van der Waals surface area contributed by atoms with Crippen LogP contribution in [0, 0.1) is 17.3 Å². The van der Waals surface area contributed by atoms with Crippen molar-refractivity contribution >= 4 is 5.78 Å². The summed E-state index contributed by atoms with van der Waals surface area (Å²) in [6.45, 7) is 5.70. The van der Waals surface area contributed by atoms with Gasteiger partial charge in [0.1, 0.15) is 0 Å². The van der Waals surface area contributed by atoms with E-state index in [4.69, 9.17) is 0 Å². The molecule has 1 atom stereocenters. The van der Waals surface area contributed by atoms with Gasteiger partial charge in [0, 0.05) is 17.9 Å². The fourth-order valence-electron chi connectivity index (χ4n) is 3.19. The van der Waals surface area contributed by atoms with E-state index in [1.807, 2.05) is 0 Å². The molecule has 116 valence electrons. The second kappa shape index (κ2) is 7.80. The van der Waals surface area contributed by atoms with E-state index in [0.717, 1.165) is 25.7 Å². The van der Waals surface area contributed by atoms with E-state index in [9.17, 15) is 14.3 Å². The molecule has 3 heteroatoms. The zero-order chi connectivity index (χ0) is 15.2. The van der Waals surface area contributed by atoms with Crippen LogP contribution in [-0.2, 0) is 4.79 Å². The van der Waals surface area contributed by atoms with E-state index >= 15 is 0 Å². The Morgan fingerprint density at radius 1 is 1.35 bits per heavy atom. The molecule has 1 N–H and O–H groups in total. The summed E-state index contributed by atoms with van der Waals surface area (Å²) >= 11 is 0. The lowest BCUT2D eigenvalue weighted by Crippen LogP contribution is -2.27. The van der Waals surface area contributed by atoms with Crippen LogP contribution in [0.4, 0.5) is 4.39 Å². The van der Waals surface area contributed by atoms with Crippen LogP contribution in [0.25, 0.3) is 0 Å². The van der Waals surface area contributed by atoms with Crippen LogP contribution in [0.5, 0.6) is 0 Å². The Morgan fingerprint density at radius 3 is 2.35 bits per heavy atom. The molecule has 0 spiro atoms. The van der Waals surface area contributed by atoms with E-state index in [-0.39, 0.29) is 29.8 Å². The maximum Gasteiger partial charge on any atom is 0.161 e. The summed E-state index contributed by atoms with van der Waals surface area (Å²) in [4.78, 5) is 11.8. The summed E-state index contributed by atoms with van der Waals surface area (Å²) in [5, 5.41) is 10.1. The number of halogens is 1. The molecule has 20 heavy (non-hydrogen) atoms. The monoisotopic (exact) mass is 284 g/mol. The predicted molar refractivity (Wildman–Crippen MR) is 80.4 cm³/mol. The first-order chi connectivity index (χ1) is 9.48. The second-order valence-corrected chi connectivity index (χ2v) is 6.33. The Balaban J connectivity index is 2.58. The minimum atomic E-state index is -0.486. The van der Waals surface area contributed by atoms with Gasteiger partial charge in [-0.15, -0.1) is 0 Å². The third-order valence-corrected chi connectivity index (χ3v) is 5.28. The van der Waals surface area contributed by atoms with E-state index in [1.165, 1.54) is 18.9 Å². The number of allylic oxidation sites excluding steroid dienone is 2. The number of aliphatic hydroxyl groups is 1. The molecule has 0 radical (unpaired) electrons. The molecule has 0 aliphatic heterocycles. The van der Waals surface area contributed by atoms with Gasteiger partial charge < -0.3 is 5.11 Å². The van der Waals surface area contributed by atoms with Gasteiger partial charge in [0.05, 0.1) is 12.4 Å². The van der Waals surface area contributed by atoms with Crippen LogP contribution in [0.1, 0.15) is 65.7 Å². The van der Waals surface area contributed by atoms with Crippen molar-refractivity contribution in [3.8, 4) is 0 Å². The summed E-state index contributed by atoms with van der Waals surface area (Å²) in [6, 6.07) is 0. The van der Waals surface area contributed by atoms with Crippen molar-refractivity contribution in [1.82, 2.24) is 0 Å². The molecule has 0 saturated heterocycles. The Morgan fingerprint density at radius 2 is 1.90 bits per heavy atom. The first kappa shape index (κ1) is 17.2. The Kier molecular flexibility index (Phi) is 6.70. The highest BCUT2D eigenvalue weighted by Crippen LogP contribution is 2.45. The summed E-state index contributed by atoms with van der Waals surface area (Å²) < 4.78 is 12.2. The minimum absolute atomic E-state index is 0.114. The smallest absolute Gasteiger partial charge is 0.161 e. The number of carbonyl (C=O) groups is 1. The number of hydrogen-bond donors (Lipinski definition) is 1. The van der Waals surface area contributed by atoms with Gasteiger partial charge >= 0.3 is 0 Å². The number of rotatable bonds is 7. The van der Waals surface area contributed by atoms with Gasteiger partial charge in [0.25, 0.3) is 0 Å². The van der Waals surface area contributed by atoms with E-state index in [2.05, 4.69) is 13.8 Å². The molecule has 0 aromatic rings. The highest BCUT2D eigenvalue weighted by Gasteiger charge is 2.33. The van der Waals surface area contributed by atoms with Crippen molar-refractivity contribution in [3.63, 3.8) is 0 Å². The molecule has 1 fully saturated rings. The molecule has 0 bridgehead atoms. The molecule has 0 heterocycles. The van der Waals surface area contributed by atoms with Crippen LogP contribution in [0.2, 0.25) is 0 Å². The number of carbonyl (C=O) groups excluding carboxylic acids is 1. The highest BCUT2D eigenvalue weighted by molar-refractivity contribution is 5.91. The third kappa shape index (κ3) is 4.32. The molecule has 1 aliphatic carbocycles. The largest absolute Gasteiger partial charge is 0.512 e. The SMILES string of the molecule is CCC1(CC)CCC(/C(O)=C/C(=O)C(C)CCF)CC1. The average molecular weight is 284 g/mol. The molecule has 0 aromatic heterocycles. The van der Waals surface area contributed by atoms with Gasteiger partial charge in [-0.05, 0) is 37.5 Å². The van der Waals surface area contributed by atoms with Crippen molar-refractivity contribution in [2.75, 3.05) is 6.67 Å². The summed E-state index contributed by atoms with van der Waals surface area (Å²) in [5.74, 6) is -0.164. The van der Waals surface area contributed by atoms with E-state index in [0.29, 0.717) is 5.41 Å². The summed E-state index contributed by atoms with van der Waals surface area (Å²) in [6.07, 6.45) is 8.11. The molecule has 0 amide bonds. The van der Waals surface area contributed by atoms with E-state index < -0.39 is 6.67 Å². The Bertz CT molecular complexity index is 335. The predicted octanol–water partition coefficient (Wildman–Crippen LogP) is 4.99. The molecular formula is C17H29FO2. The van der Waals surface area contributed by atoms with Gasteiger partial charge in [-0.2, -0.15) is 0 Å². The normalized spacial score (nSPS) is 21.7. The van der Waals surface area contributed by atoms with Gasteiger partial charge in [-0.1, -0.05) is 33.6 Å². The third-order valence-electron chi connectivity index (χ3n) is 5.28. The number of ketones is 1. The topological polar surface area (TPSA) is 37.3 Å². The maximum atomic E-state index is 12.2. The van der Waals surface area contributed by atoms with Crippen LogP contribution < -0.4 is 0 Å². The van der Waals surface area contributed by atoms with Crippen molar-refractivity contribution in [2.45, 2.75) is 65.7 Å². The standard InChI is InChI=1S/C17H29FO2/c1-4-17(5-2)9-6-14(7-10-17)16(20)12-15(19)13(3)8-11-18/h12-14,20H,4-11H2,1-3H3/b16-12-. The zero-order valence-electron chi connectivity index (χ0n) is 13.1. The first-order valence-corrected chi connectivity index (χ1v) is 7.98. The number of hydrogen-bond acceptors (Lipinski definition) is 2. The molecule has 1 aliphatic rings. The fraction of sp³-hybridized carbons (Fsp3) is 0.824. The average Bonchev–Trinajstić information content (AvgIpc) is 2.47. The first-order valence-electron chi connectivity index (χ1n) is 7.98. The van der Waals surface area contributed by atoms with Crippen LogP contribution >= 0.6 is 0 Å². The molecule has 0 aromatic carbocycles. The zero-order valence-corrected chi connectivity index (χ0v) is 13.1. The fourth-order valence-corrected chi connectivity index (χ4v) is 3.19. The summed E-state index contributed by atoms with van der Waals surface area (Å²) in [7, 11) is 0. The van der Waals surface area contributed by atoms with Crippen LogP contribution in [0.15, 0.2) is 11.8 Å². The van der Waals surface area contributed by atoms with Crippen molar-refractivity contribution in [1.29, 1.82) is 0 Å². The lowest BCUT2D eigenvalue weighted by molar-refractivity contribution is -0.118. The molecule has 1 rings (SSSR count). The maximum absolute atomic E-state index is 12.2. The Hall–Kier alpha value is -0.860. The van der Waals surface area contributed by atoms with Gasteiger partial charge in [0.15, 0.2) is 5.78 Å². The van der Waals surface area contributed by atoms with Crippen molar-refractivity contribution < 1.29 is 14.3 Å². The van der Waals surface area contributed by atoms with E-state index in [1.54, 1.807) is 6.92 Å². The number of alkyl halides is 1. The lowest BCUT2D eigenvalue weighted by Gasteiger charge is -2.39. The Labute approximate surface area is 122 Å². The number of aliphatic hydroxyl groups excluding tert-OH is 1. The molecule has 1 saturated carbocycles. The molecule has 1 unspecified atom stereocenters. The van der Waals surface area contributed by atoms with Crippen molar-refractivity contribution in [2.24, 2.45) is 17.3 Å². The van der Waals surface area contributed by atoms with Crippen molar-refractivity contribution in [3.05, 3.63) is 11.8 Å². The highest BCUT2D eigenvalue weighted by atomic mass is 19.1. The van der Waals surface area contributed by atoms with Crippen LogP contribution in [-0.4, -0.2) is 17.6 Å². The molecule has 2 nitrogen and oxygen atoms in total. The quantitative estimate of drug-likeness (QED) is 0.528. The lowest BCUT2D eigenvalue weighted by atomic mass is 9.67.